The van der Waals surface area contributed by atoms with Crippen LogP contribution in [0.15, 0.2) is 36.4 Å². The van der Waals surface area contributed by atoms with Gasteiger partial charge in [-0.05, 0) is 35.9 Å². The van der Waals surface area contributed by atoms with Crippen molar-refractivity contribution in [1.82, 2.24) is 0 Å². The maximum absolute atomic E-state index is 13.8. The summed E-state index contributed by atoms with van der Waals surface area (Å²) < 4.78 is 31.2. The first-order valence-corrected chi connectivity index (χ1v) is 5.84. The van der Waals surface area contributed by atoms with E-state index in [2.05, 4.69) is 4.74 Å². The molecule has 2 rings (SSSR count). The van der Waals surface area contributed by atoms with Crippen LogP contribution in [0.1, 0.15) is 20.7 Å². The van der Waals surface area contributed by atoms with Crippen LogP contribution < -0.4 is 0 Å². The Morgan fingerprint density at radius 1 is 1.05 bits per heavy atom. The number of carboxylic acids is 1. The van der Waals surface area contributed by atoms with Gasteiger partial charge in [0.15, 0.2) is 0 Å². The van der Waals surface area contributed by atoms with E-state index in [1.54, 1.807) is 0 Å². The van der Waals surface area contributed by atoms with E-state index in [1.807, 2.05) is 0 Å². The summed E-state index contributed by atoms with van der Waals surface area (Å²) in [7, 11) is 1.15. The monoisotopic (exact) mass is 292 g/mol. The summed E-state index contributed by atoms with van der Waals surface area (Å²) >= 11 is 0. The molecule has 0 aliphatic carbocycles. The lowest BCUT2D eigenvalue weighted by Crippen LogP contribution is -2.05. The molecule has 0 radical (unpaired) electrons. The Balaban J connectivity index is 2.64. The van der Waals surface area contributed by atoms with Crippen LogP contribution in [0, 0.1) is 11.6 Å². The lowest BCUT2D eigenvalue weighted by atomic mass is 9.99. The van der Waals surface area contributed by atoms with Gasteiger partial charge in [-0.2, -0.15) is 0 Å². The topological polar surface area (TPSA) is 63.6 Å². The number of methoxy groups -OCH3 is 1. The summed E-state index contributed by atoms with van der Waals surface area (Å²) in [6.45, 7) is 0. The van der Waals surface area contributed by atoms with Crippen LogP contribution in [0.25, 0.3) is 11.1 Å². The summed E-state index contributed by atoms with van der Waals surface area (Å²) in [6, 6.07) is 6.51. The van der Waals surface area contributed by atoms with E-state index >= 15 is 0 Å². The third kappa shape index (κ3) is 3.05. The van der Waals surface area contributed by atoms with E-state index < -0.39 is 23.6 Å². The minimum absolute atomic E-state index is 0.00958. The zero-order valence-corrected chi connectivity index (χ0v) is 10.9. The maximum Gasteiger partial charge on any atom is 0.337 e. The number of hydrogen-bond acceptors (Lipinski definition) is 3. The van der Waals surface area contributed by atoms with Crippen LogP contribution in [0.4, 0.5) is 8.78 Å². The number of esters is 1. The molecule has 0 saturated heterocycles. The highest BCUT2D eigenvalue weighted by Crippen LogP contribution is 2.26. The van der Waals surface area contributed by atoms with Crippen LogP contribution in [0.2, 0.25) is 0 Å². The average molecular weight is 292 g/mol. The third-order valence-corrected chi connectivity index (χ3v) is 2.84. The number of carbonyl (C=O) groups is 2. The van der Waals surface area contributed by atoms with Crippen molar-refractivity contribution in [3.63, 3.8) is 0 Å². The van der Waals surface area contributed by atoms with Crippen molar-refractivity contribution in [3.8, 4) is 11.1 Å². The molecule has 2 aromatic rings. The molecule has 0 saturated carbocycles. The molecule has 0 aliphatic heterocycles. The van der Waals surface area contributed by atoms with Crippen molar-refractivity contribution in [1.29, 1.82) is 0 Å². The van der Waals surface area contributed by atoms with Gasteiger partial charge in [0.2, 0.25) is 0 Å². The minimum atomic E-state index is -1.27. The smallest absolute Gasteiger partial charge is 0.337 e. The van der Waals surface area contributed by atoms with E-state index in [9.17, 15) is 18.4 Å². The number of halogens is 2. The van der Waals surface area contributed by atoms with Gasteiger partial charge in [0.1, 0.15) is 11.6 Å². The highest BCUT2D eigenvalue weighted by atomic mass is 19.1. The first kappa shape index (κ1) is 14.6. The number of benzene rings is 2. The van der Waals surface area contributed by atoms with Gasteiger partial charge < -0.3 is 9.84 Å². The second-order valence-electron chi connectivity index (χ2n) is 4.22. The van der Waals surface area contributed by atoms with Crippen LogP contribution in [-0.2, 0) is 4.74 Å². The van der Waals surface area contributed by atoms with Crippen molar-refractivity contribution in [2.24, 2.45) is 0 Å². The Labute approximate surface area is 118 Å². The third-order valence-electron chi connectivity index (χ3n) is 2.84. The van der Waals surface area contributed by atoms with Gasteiger partial charge in [0, 0.05) is 11.6 Å². The van der Waals surface area contributed by atoms with Crippen molar-refractivity contribution >= 4 is 11.9 Å². The van der Waals surface area contributed by atoms with Crippen molar-refractivity contribution in [3.05, 3.63) is 59.2 Å². The molecule has 1 N–H and O–H groups in total. The zero-order chi connectivity index (χ0) is 15.6. The highest BCUT2D eigenvalue weighted by molar-refractivity contribution is 5.96. The first-order valence-electron chi connectivity index (χ1n) is 5.84. The molecule has 0 aliphatic rings. The standard InChI is InChI=1S/C15H10F2O4/c1-21-15(20)10-5-8(4-9(6-10)14(18)19)12-3-2-11(16)7-13(12)17/h2-7H,1H3,(H,18,19). The maximum atomic E-state index is 13.8. The lowest BCUT2D eigenvalue weighted by molar-refractivity contribution is 0.0600. The molecule has 0 heterocycles. The largest absolute Gasteiger partial charge is 0.478 e. The van der Waals surface area contributed by atoms with Crippen LogP contribution in [0.3, 0.4) is 0 Å². The van der Waals surface area contributed by atoms with Gasteiger partial charge in [0.05, 0.1) is 18.2 Å². The summed E-state index contributed by atoms with van der Waals surface area (Å²) in [6.07, 6.45) is 0. The van der Waals surface area contributed by atoms with E-state index in [0.29, 0.717) is 6.07 Å². The second-order valence-corrected chi connectivity index (χ2v) is 4.22. The molecule has 0 amide bonds. The first-order chi connectivity index (χ1) is 9.92. The van der Waals surface area contributed by atoms with Gasteiger partial charge in [-0.15, -0.1) is 0 Å². The Morgan fingerprint density at radius 2 is 1.71 bits per heavy atom. The average Bonchev–Trinajstić information content (AvgIpc) is 2.45. The quantitative estimate of drug-likeness (QED) is 0.883. The molecule has 2 aromatic carbocycles. The van der Waals surface area contributed by atoms with Gasteiger partial charge in [-0.25, -0.2) is 18.4 Å². The number of carboxylic acid groups (broad SMARTS) is 1. The fraction of sp³-hybridized carbons (Fsp3) is 0.0667. The number of ether oxygens (including phenoxy) is 1. The predicted molar refractivity (Wildman–Crippen MR) is 70.1 cm³/mol. The van der Waals surface area contributed by atoms with Crippen molar-refractivity contribution < 1.29 is 28.2 Å². The van der Waals surface area contributed by atoms with Gasteiger partial charge in [0.25, 0.3) is 0 Å². The summed E-state index contributed by atoms with van der Waals surface area (Å²) in [5, 5.41) is 9.04. The molecule has 0 aromatic heterocycles. The number of aromatic carboxylic acids is 1. The highest BCUT2D eigenvalue weighted by Gasteiger charge is 2.15. The fourth-order valence-electron chi connectivity index (χ4n) is 1.87. The number of rotatable bonds is 3. The molecule has 0 spiro atoms. The van der Waals surface area contributed by atoms with Crippen LogP contribution >= 0.6 is 0 Å². The molecule has 0 fully saturated rings. The SMILES string of the molecule is COC(=O)c1cc(C(=O)O)cc(-c2ccc(F)cc2F)c1. The van der Waals surface area contributed by atoms with Crippen LogP contribution in [-0.4, -0.2) is 24.2 Å². The predicted octanol–water partition coefficient (Wildman–Crippen LogP) is 3.12. The summed E-state index contributed by atoms with van der Waals surface area (Å²) in [4.78, 5) is 22.6. The minimum Gasteiger partial charge on any atom is -0.478 e. The lowest BCUT2D eigenvalue weighted by Gasteiger charge is -2.08. The second kappa shape index (κ2) is 5.70. The molecule has 0 unspecified atom stereocenters. The molecule has 6 heteroatoms. The van der Waals surface area contributed by atoms with Crippen molar-refractivity contribution in [2.75, 3.05) is 7.11 Å². The Bertz CT molecular complexity index is 726. The van der Waals surface area contributed by atoms with E-state index in [4.69, 9.17) is 5.11 Å². The summed E-state index contributed by atoms with van der Waals surface area (Å²) in [5.74, 6) is -3.63. The number of hydrogen-bond donors (Lipinski definition) is 1. The molecule has 108 valence electrons. The van der Waals surface area contributed by atoms with Crippen LogP contribution in [0.5, 0.6) is 0 Å². The Hall–Kier alpha value is -2.76. The van der Waals surface area contributed by atoms with Gasteiger partial charge >= 0.3 is 11.9 Å². The Morgan fingerprint density at radius 3 is 2.29 bits per heavy atom. The van der Waals surface area contributed by atoms with Gasteiger partial charge in [-0.3, -0.25) is 0 Å². The molecule has 21 heavy (non-hydrogen) atoms. The molecule has 0 atom stereocenters. The normalized spacial score (nSPS) is 10.2. The molecule has 0 bridgehead atoms. The Kier molecular flexibility index (Phi) is 3.98. The molecular weight excluding hydrogens is 282 g/mol. The zero-order valence-electron chi connectivity index (χ0n) is 10.9. The number of carbonyl (C=O) groups excluding carboxylic acids is 1. The van der Waals surface area contributed by atoms with E-state index in [1.165, 1.54) is 18.2 Å². The van der Waals surface area contributed by atoms with E-state index in [-0.39, 0.29) is 22.3 Å². The van der Waals surface area contributed by atoms with Crippen molar-refractivity contribution in [2.45, 2.75) is 0 Å². The fourth-order valence-corrected chi connectivity index (χ4v) is 1.87. The van der Waals surface area contributed by atoms with Gasteiger partial charge in [-0.1, -0.05) is 0 Å². The summed E-state index contributed by atoms with van der Waals surface area (Å²) in [5.41, 5.74) is -0.0924. The molecule has 4 nitrogen and oxygen atoms in total. The van der Waals surface area contributed by atoms with E-state index in [0.717, 1.165) is 19.2 Å². The molecular formula is C15H10F2O4.